The first kappa shape index (κ1) is 6.21. The van der Waals surface area contributed by atoms with Crippen LogP contribution in [0.1, 0.15) is 19.3 Å². The molecule has 0 aromatic carbocycles. The molecular formula is C9H12O2. The van der Waals surface area contributed by atoms with Gasteiger partial charge in [-0.3, -0.25) is 0 Å². The quantitative estimate of drug-likeness (QED) is 0.385. The number of fused-ring (bicyclic) bond motifs is 2. The van der Waals surface area contributed by atoms with Gasteiger partial charge in [-0.05, 0) is 12.8 Å². The third kappa shape index (κ3) is 1.10. The van der Waals surface area contributed by atoms with Gasteiger partial charge >= 0.3 is 0 Å². The molecule has 0 amide bonds. The van der Waals surface area contributed by atoms with Crippen molar-refractivity contribution < 1.29 is 9.47 Å². The molecule has 11 heavy (non-hydrogen) atoms. The second-order valence-electron chi connectivity index (χ2n) is 3.60. The van der Waals surface area contributed by atoms with Gasteiger partial charge in [-0.1, -0.05) is 12.2 Å². The lowest BCUT2D eigenvalue weighted by Gasteiger charge is -1.85. The van der Waals surface area contributed by atoms with Crippen molar-refractivity contribution in [3.8, 4) is 0 Å². The fraction of sp³-hybridized carbons (Fsp3) is 0.778. The number of hydrogen-bond acceptors (Lipinski definition) is 2. The summed E-state index contributed by atoms with van der Waals surface area (Å²) >= 11 is 0. The number of hydrogen-bond donors (Lipinski definition) is 0. The lowest BCUT2D eigenvalue weighted by molar-refractivity contribution is 0.325. The Hall–Kier alpha value is -0.340. The number of rotatable bonds is 0. The summed E-state index contributed by atoms with van der Waals surface area (Å²) in [6.07, 6.45) is 9.91. The van der Waals surface area contributed by atoms with Crippen LogP contribution < -0.4 is 0 Å². The molecule has 0 aromatic heterocycles. The second-order valence-corrected chi connectivity index (χ2v) is 3.60. The predicted molar refractivity (Wildman–Crippen MR) is 40.3 cm³/mol. The van der Waals surface area contributed by atoms with Crippen LogP contribution in [0.2, 0.25) is 0 Å². The van der Waals surface area contributed by atoms with E-state index in [1.807, 2.05) is 0 Å². The Bertz CT molecular complexity index is 180. The summed E-state index contributed by atoms with van der Waals surface area (Å²) in [5.41, 5.74) is 0. The Balaban J connectivity index is 1.71. The minimum Gasteiger partial charge on any atom is -0.369 e. The van der Waals surface area contributed by atoms with Crippen molar-refractivity contribution in [3.63, 3.8) is 0 Å². The summed E-state index contributed by atoms with van der Waals surface area (Å²) in [4.78, 5) is 0. The Morgan fingerprint density at radius 2 is 1.36 bits per heavy atom. The average molecular weight is 152 g/mol. The van der Waals surface area contributed by atoms with Gasteiger partial charge in [0.15, 0.2) is 0 Å². The Morgan fingerprint density at radius 1 is 0.818 bits per heavy atom. The van der Waals surface area contributed by atoms with Gasteiger partial charge in [-0.25, -0.2) is 0 Å². The zero-order chi connectivity index (χ0) is 7.26. The Labute approximate surface area is 66.2 Å². The Morgan fingerprint density at radius 3 is 1.91 bits per heavy atom. The summed E-state index contributed by atoms with van der Waals surface area (Å²) in [6.45, 7) is 0. The van der Waals surface area contributed by atoms with E-state index in [-0.39, 0.29) is 0 Å². The van der Waals surface area contributed by atoms with Gasteiger partial charge in [0, 0.05) is 6.42 Å². The molecule has 2 nitrogen and oxygen atoms in total. The van der Waals surface area contributed by atoms with Crippen LogP contribution in [0.15, 0.2) is 12.2 Å². The van der Waals surface area contributed by atoms with E-state index in [1.165, 1.54) is 0 Å². The van der Waals surface area contributed by atoms with Crippen molar-refractivity contribution >= 4 is 0 Å². The third-order valence-electron chi connectivity index (χ3n) is 2.74. The SMILES string of the molecule is C1=CC[C@H]2O[C@H]2C[C@H]2O[C@H]2C1. The van der Waals surface area contributed by atoms with Crippen LogP contribution in [0.3, 0.4) is 0 Å². The van der Waals surface area contributed by atoms with E-state index in [0.29, 0.717) is 24.4 Å². The highest BCUT2D eigenvalue weighted by atomic mass is 16.6. The molecule has 2 fully saturated rings. The van der Waals surface area contributed by atoms with Crippen LogP contribution in [0.4, 0.5) is 0 Å². The molecule has 0 spiro atoms. The fourth-order valence-corrected chi connectivity index (χ4v) is 1.88. The van der Waals surface area contributed by atoms with Crippen LogP contribution in [0.5, 0.6) is 0 Å². The lowest BCUT2D eigenvalue weighted by Crippen LogP contribution is -1.99. The number of ether oxygens (including phenoxy) is 2. The molecule has 2 aliphatic heterocycles. The largest absolute Gasteiger partial charge is 0.369 e. The van der Waals surface area contributed by atoms with Gasteiger partial charge in [0.1, 0.15) is 0 Å². The molecule has 0 saturated carbocycles. The van der Waals surface area contributed by atoms with E-state index >= 15 is 0 Å². The first-order valence-corrected chi connectivity index (χ1v) is 4.39. The maximum absolute atomic E-state index is 5.46. The predicted octanol–water partition coefficient (Wildman–Crippen LogP) is 1.26. The van der Waals surface area contributed by atoms with E-state index in [2.05, 4.69) is 12.2 Å². The van der Waals surface area contributed by atoms with E-state index in [9.17, 15) is 0 Å². The van der Waals surface area contributed by atoms with E-state index < -0.39 is 0 Å². The molecule has 1 aliphatic carbocycles. The normalized spacial score (nSPS) is 53.1. The minimum atomic E-state index is 0.521. The van der Waals surface area contributed by atoms with Gasteiger partial charge in [-0.15, -0.1) is 0 Å². The molecule has 2 saturated heterocycles. The summed E-state index contributed by atoms with van der Waals surface area (Å²) in [7, 11) is 0. The first-order valence-electron chi connectivity index (χ1n) is 4.39. The summed E-state index contributed by atoms with van der Waals surface area (Å²) in [5.74, 6) is 0. The monoisotopic (exact) mass is 152 g/mol. The summed E-state index contributed by atoms with van der Waals surface area (Å²) in [6, 6.07) is 0. The van der Waals surface area contributed by atoms with Crippen molar-refractivity contribution in [2.24, 2.45) is 0 Å². The van der Waals surface area contributed by atoms with E-state index in [0.717, 1.165) is 19.3 Å². The molecule has 3 rings (SSSR count). The van der Waals surface area contributed by atoms with Crippen LogP contribution >= 0.6 is 0 Å². The molecule has 60 valence electrons. The van der Waals surface area contributed by atoms with Crippen LogP contribution in [0.25, 0.3) is 0 Å². The molecule has 2 heteroatoms. The zero-order valence-electron chi connectivity index (χ0n) is 6.40. The second kappa shape index (κ2) is 2.08. The zero-order valence-corrected chi connectivity index (χ0v) is 6.40. The van der Waals surface area contributed by atoms with Gasteiger partial charge in [0.2, 0.25) is 0 Å². The lowest BCUT2D eigenvalue weighted by atomic mass is 10.1. The van der Waals surface area contributed by atoms with Crippen molar-refractivity contribution in [1.29, 1.82) is 0 Å². The Kier molecular flexibility index (Phi) is 1.17. The highest BCUT2D eigenvalue weighted by molar-refractivity contribution is 5.03. The topological polar surface area (TPSA) is 25.1 Å². The van der Waals surface area contributed by atoms with Crippen molar-refractivity contribution in [2.45, 2.75) is 43.7 Å². The highest BCUT2D eigenvalue weighted by Gasteiger charge is 2.47. The first-order chi connectivity index (χ1) is 5.43. The minimum absolute atomic E-state index is 0.521. The molecule has 0 radical (unpaired) electrons. The number of epoxide rings is 2. The molecule has 0 bridgehead atoms. The van der Waals surface area contributed by atoms with E-state index in [1.54, 1.807) is 0 Å². The molecule has 0 unspecified atom stereocenters. The molecule has 3 aliphatic rings. The van der Waals surface area contributed by atoms with Gasteiger partial charge < -0.3 is 9.47 Å². The average Bonchev–Trinajstić information content (AvgIpc) is 2.87. The molecule has 4 atom stereocenters. The summed E-state index contributed by atoms with van der Waals surface area (Å²) in [5, 5.41) is 0. The molecular weight excluding hydrogens is 140 g/mol. The van der Waals surface area contributed by atoms with Crippen LogP contribution in [-0.2, 0) is 9.47 Å². The summed E-state index contributed by atoms with van der Waals surface area (Å²) < 4.78 is 10.9. The fourth-order valence-electron chi connectivity index (χ4n) is 1.88. The third-order valence-corrected chi connectivity index (χ3v) is 2.74. The maximum Gasteiger partial charge on any atom is 0.0877 e. The smallest absolute Gasteiger partial charge is 0.0877 e. The molecule has 0 N–H and O–H groups in total. The van der Waals surface area contributed by atoms with Crippen LogP contribution in [0, 0.1) is 0 Å². The van der Waals surface area contributed by atoms with Crippen LogP contribution in [-0.4, -0.2) is 24.4 Å². The van der Waals surface area contributed by atoms with Gasteiger partial charge in [-0.2, -0.15) is 0 Å². The van der Waals surface area contributed by atoms with Crippen molar-refractivity contribution in [3.05, 3.63) is 12.2 Å². The maximum atomic E-state index is 5.46. The van der Waals surface area contributed by atoms with Crippen molar-refractivity contribution in [2.75, 3.05) is 0 Å². The highest BCUT2D eigenvalue weighted by Crippen LogP contribution is 2.39. The van der Waals surface area contributed by atoms with Gasteiger partial charge in [0.25, 0.3) is 0 Å². The van der Waals surface area contributed by atoms with E-state index in [4.69, 9.17) is 9.47 Å². The molecule has 2 heterocycles. The van der Waals surface area contributed by atoms with Crippen molar-refractivity contribution in [1.82, 2.24) is 0 Å². The standard InChI is InChI=1S/C9H12O2/c1-2-4-7-9(11-7)5-8-6(3-1)10-8/h1-2,6-9H,3-5H2/t6-,7+,8+,9-. The van der Waals surface area contributed by atoms with Gasteiger partial charge in [0.05, 0.1) is 24.4 Å². The molecule has 0 aromatic rings.